The SMILES string of the molecule is CN(C(=O)n1cnc(-c2ccc[n+]([O-])c2)c1)c1ccccc1. The van der Waals surface area contributed by atoms with Crippen LogP contribution in [0.1, 0.15) is 0 Å². The molecule has 3 rings (SSSR count). The van der Waals surface area contributed by atoms with Crippen LogP contribution < -0.4 is 9.63 Å². The molecule has 22 heavy (non-hydrogen) atoms. The Bertz CT molecular complexity index is 799. The van der Waals surface area contributed by atoms with Crippen LogP contribution >= 0.6 is 0 Å². The summed E-state index contributed by atoms with van der Waals surface area (Å²) >= 11 is 0. The number of para-hydroxylation sites is 1. The fourth-order valence-corrected chi connectivity index (χ4v) is 2.12. The first-order valence-corrected chi connectivity index (χ1v) is 6.71. The van der Waals surface area contributed by atoms with E-state index in [2.05, 4.69) is 4.98 Å². The van der Waals surface area contributed by atoms with Gasteiger partial charge in [0.05, 0.1) is 11.3 Å². The predicted molar refractivity (Wildman–Crippen MR) is 82.3 cm³/mol. The van der Waals surface area contributed by atoms with Gasteiger partial charge in [0.1, 0.15) is 6.33 Å². The van der Waals surface area contributed by atoms with Crippen molar-refractivity contribution in [3.05, 3.63) is 72.6 Å². The van der Waals surface area contributed by atoms with Gasteiger partial charge < -0.3 is 5.21 Å². The van der Waals surface area contributed by atoms with Crippen LogP contribution in [-0.4, -0.2) is 22.6 Å². The summed E-state index contributed by atoms with van der Waals surface area (Å²) in [5.41, 5.74) is 2.02. The minimum atomic E-state index is -0.226. The first-order valence-electron chi connectivity index (χ1n) is 6.71. The number of hydrogen-bond acceptors (Lipinski definition) is 3. The summed E-state index contributed by atoms with van der Waals surface area (Å²) in [4.78, 5) is 18.2. The van der Waals surface area contributed by atoms with Crippen molar-refractivity contribution >= 4 is 11.7 Å². The average Bonchev–Trinajstić information content (AvgIpc) is 3.04. The van der Waals surface area contributed by atoms with Crippen molar-refractivity contribution in [2.24, 2.45) is 0 Å². The molecule has 0 radical (unpaired) electrons. The van der Waals surface area contributed by atoms with E-state index >= 15 is 0 Å². The monoisotopic (exact) mass is 294 g/mol. The van der Waals surface area contributed by atoms with Crippen molar-refractivity contribution < 1.29 is 9.52 Å². The molecule has 0 spiro atoms. The van der Waals surface area contributed by atoms with Gasteiger partial charge in [-0.1, -0.05) is 18.2 Å². The number of carbonyl (C=O) groups excluding carboxylic acids is 1. The maximum Gasteiger partial charge on any atom is 0.333 e. The molecule has 0 saturated carbocycles. The van der Waals surface area contributed by atoms with Gasteiger partial charge in [0.25, 0.3) is 0 Å². The smallest absolute Gasteiger partial charge is 0.333 e. The van der Waals surface area contributed by atoms with Gasteiger partial charge in [-0.15, -0.1) is 0 Å². The van der Waals surface area contributed by atoms with Crippen LogP contribution in [0.2, 0.25) is 0 Å². The van der Waals surface area contributed by atoms with Crippen molar-refractivity contribution in [1.82, 2.24) is 9.55 Å². The van der Waals surface area contributed by atoms with E-state index in [-0.39, 0.29) is 6.03 Å². The Morgan fingerprint density at radius 2 is 2.00 bits per heavy atom. The molecule has 2 aromatic heterocycles. The quantitative estimate of drug-likeness (QED) is 0.538. The highest BCUT2D eigenvalue weighted by Gasteiger charge is 2.14. The lowest BCUT2D eigenvalue weighted by Gasteiger charge is -2.16. The van der Waals surface area contributed by atoms with Crippen molar-refractivity contribution in [1.29, 1.82) is 0 Å². The highest BCUT2D eigenvalue weighted by atomic mass is 16.5. The van der Waals surface area contributed by atoms with E-state index in [0.29, 0.717) is 16.0 Å². The molecule has 6 heteroatoms. The molecule has 110 valence electrons. The van der Waals surface area contributed by atoms with Crippen LogP contribution in [0.15, 0.2) is 67.4 Å². The molecular formula is C16H14N4O2. The zero-order chi connectivity index (χ0) is 15.5. The van der Waals surface area contributed by atoms with Crippen molar-refractivity contribution in [3.8, 4) is 11.3 Å². The number of imidazole rings is 1. The summed E-state index contributed by atoms with van der Waals surface area (Å²) in [5, 5.41) is 11.3. The largest absolute Gasteiger partial charge is 0.619 e. The van der Waals surface area contributed by atoms with Crippen LogP contribution in [0.3, 0.4) is 0 Å². The lowest BCUT2D eigenvalue weighted by molar-refractivity contribution is -0.604. The number of anilines is 1. The first kappa shape index (κ1) is 13.8. The normalized spacial score (nSPS) is 10.4. The third-order valence-electron chi connectivity index (χ3n) is 3.30. The molecule has 0 unspecified atom stereocenters. The number of nitrogens with zero attached hydrogens (tertiary/aromatic N) is 4. The van der Waals surface area contributed by atoms with Crippen LogP contribution in [0.5, 0.6) is 0 Å². The Morgan fingerprint density at radius 1 is 1.23 bits per heavy atom. The lowest BCUT2D eigenvalue weighted by atomic mass is 10.2. The maximum absolute atomic E-state index is 12.4. The van der Waals surface area contributed by atoms with Gasteiger partial charge in [0, 0.05) is 25.0 Å². The topological polar surface area (TPSA) is 65.1 Å². The van der Waals surface area contributed by atoms with Crippen LogP contribution in [-0.2, 0) is 0 Å². The standard InChI is InChI=1S/C16H14N4O2/c1-18(14-7-3-2-4-8-14)16(21)19-11-15(17-12-19)13-6-5-9-20(22)10-13/h2-12H,1H3. The second kappa shape index (κ2) is 5.69. The molecule has 2 heterocycles. The van der Waals surface area contributed by atoms with Gasteiger partial charge in [0.2, 0.25) is 0 Å². The Morgan fingerprint density at radius 3 is 2.73 bits per heavy atom. The molecule has 0 aliphatic heterocycles. The van der Waals surface area contributed by atoms with Gasteiger partial charge in [-0.25, -0.2) is 9.78 Å². The predicted octanol–water partition coefficient (Wildman–Crippen LogP) is 2.29. The molecule has 0 saturated heterocycles. The zero-order valence-corrected chi connectivity index (χ0v) is 12.0. The van der Waals surface area contributed by atoms with E-state index < -0.39 is 0 Å². The number of carbonyl (C=O) groups is 1. The van der Waals surface area contributed by atoms with E-state index in [1.165, 1.54) is 28.2 Å². The van der Waals surface area contributed by atoms with Crippen molar-refractivity contribution in [2.75, 3.05) is 11.9 Å². The fourth-order valence-electron chi connectivity index (χ4n) is 2.12. The minimum absolute atomic E-state index is 0.226. The van der Waals surface area contributed by atoms with E-state index in [4.69, 9.17) is 0 Å². The molecule has 0 aliphatic rings. The highest BCUT2D eigenvalue weighted by Crippen LogP contribution is 2.16. The molecule has 1 aromatic carbocycles. The summed E-state index contributed by atoms with van der Waals surface area (Å²) in [7, 11) is 1.70. The number of aromatic nitrogens is 3. The van der Waals surface area contributed by atoms with Crippen LogP contribution in [0.25, 0.3) is 11.3 Å². The molecule has 3 aromatic rings. The number of pyridine rings is 1. The minimum Gasteiger partial charge on any atom is -0.619 e. The molecule has 6 nitrogen and oxygen atoms in total. The van der Waals surface area contributed by atoms with Gasteiger partial charge in [0.15, 0.2) is 12.4 Å². The summed E-state index contributed by atoms with van der Waals surface area (Å²) in [6, 6.07) is 12.5. The Labute approximate surface area is 127 Å². The number of rotatable bonds is 2. The van der Waals surface area contributed by atoms with Crippen molar-refractivity contribution in [2.45, 2.75) is 0 Å². The summed E-state index contributed by atoms with van der Waals surface area (Å²) in [6.45, 7) is 0. The molecule has 0 atom stereocenters. The lowest BCUT2D eigenvalue weighted by Crippen LogP contribution is -2.30. The molecule has 0 bridgehead atoms. The second-order valence-corrected chi connectivity index (χ2v) is 4.80. The molecular weight excluding hydrogens is 280 g/mol. The number of amides is 1. The third-order valence-corrected chi connectivity index (χ3v) is 3.30. The number of hydrogen-bond donors (Lipinski definition) is 0. The summed E-state index contributed by atoms with van der Waals surface area (Å²) in [6.07, 6.45) is 5.86. The molecule has 0 N–H and O–H groups in total. The van der Waals surface area contributed by atoms with E-state index in [9.17, 15) is 10.0 Å². The van der Waals surface area contributed by atoms with Gasteiger partial charge in [-0.3, -0.25) is 9.47 Å². The Hall–Kier alpha value is -3.15. The van der Waals surface area contributed by atoms with Crippen LogP contribution in [0.4, 0.5) is 10.5 Å². The van der Waals surface area contributed by atoms with E-state index in [1.54, 1.807) is 25.4 Å². The van der Waals surface area contributed by atoms with E-state index in [0.717, 1.165) is 5.69 Å². The van der Waals surface area contributed by atoms with Gasteiger partial charge in [-0.2, -0.15) is 4.73 Å². The molecule has 1 amide bonds. The Balaban J connectivity index is 1.86. The number of benzene rings is 1. The fraction of sp³-hybridized carbons (Fsp3) is 0.0625. The third kappa shape index (κ3) is 2.67. The second-order valence-electron chi connectivity index (χ2n) is 4.80. The molecule has 0 fully saturated rings. The molecule has 0 aliphatic carbocycles. The summed E-state index contributed by atoms with van der Waals surface area (Å²) < 4.78 is 2.09. The van der Waals surface area contributed by atoms with Gasteiger partial charge in [-0.05, 0) is 18.2 Å². The van der Waals surface area contributed by atoms with E-state index in [1.807, 2.05) is 30.3 Å². The Kier molecular flexibility index (Phi) is 3.57. The van der Waals surface area contributed by atoms with Gasteiger partial charge >= 0.3 is 6.03 Å². The van der Waals surface area contributed by atoms with Crippen LogP contribution in [0, 0.1) is 5.21 Å². The maximum atomic E-state index is 12.4. The zero-order valence-electron chi connectivity index (χ0n) is 12.0. The highest BCUT2D eigenvalue weighted by molar-refractivity contribution is 5.93. The summed E-state index contributed by atoms with van der Waals surface area (Å²) in [5.74, 6) is 0. The first-order chi connectivity index (χ1) is 10.6. The van der Waals surface area contributed by atoms with Crippen molar-refractivity contribution in [3.63, 3.8) is 0 Å². The average molecular weight is 294 g/mol.